The molecule has 2 N–H and O–H groups in total. The van der Waals surface area contributed by atoms with E-state index in [4.69, 9.17) is 23.7 Å². The van der Waals surface area contributed by atoms with Crippen molar-refractivity contribution in [3.05, 3.63) is 30.1 Å². The smallest absolute Gasteiger partial charge is 0.408 e. The predicted molar refractivity (Wildman–Crippen MR) is 191 cm³/mol. The van der Waals surface area contributed by atoms with Crippen molar-refractivity contribution in [3.8, 4) is 11.8 Å². The monoisotopic (exact) mass is 727 g/mol. The standard InChI is InChI=1S/C39H57N3O10/c1-11-29-39(8)33(41-37(47)52-39)24(4)30(43)22(2)20-38(7,48-18-13-12-15-27-16-14-17-40-21-27)34(25(5)31(44)26(6)35(46)50-29)51-36-32(45)28(42(9)10)19-23(3)49-36/h14,16-17,21-26,28-29,32-34,36,45H,11,15,18-20H2,1-10H3,(H,41,47)/t22-,23-,24+,25+,26-,28+,29-,32-,33-,34-,36+,38-,39-/m1/s1. The van der Waals surface area contributed by atoms with Crippen LogP contribution in [0.1, 0.15) is 80.2 Å². The largest absolute Gasteiger partial charge is 0.458 e. The molecule has 1 amide bonds. The second-order valence-corrected chi connectivity index (χ2v) is 15.4. The lowest BCUT2D eigenvalue weighted by Gasteiger charge is -2.47. The number of nitrogens with one attached hydrogen (secondary N) is 1. The molecule has 0 aromatic carbocycles. The molecule has 3 saturated heterocycles. The van der Waals surface area contributed by atoms with Gasteiger partial charge in [-0.2, -0.15) is 0 Å². The molecule has 0 bridgehead atoms. The molecular weight excluding hydrogens is 670 g/mol. The van der Waals surface area contributed by atoms with Gasteiger partial charge in [0, 0.05) is 42.6 Å². The number of Topliss-reactive ketones (excluding diaryl/α,β-unsaturated/α-hetero) is 2. The summed E-state index contributed by atoms with van der Waals surface area (Å²) in [6.07, 6.45) is -0.544. The number of hydrogen-bond donors (Lipinski definition) is 2. The molecule has 3 aliphatic heterocycles. The normalized spacial score (nSPS) is 39.0. The van der Waals surface area contributed by atoms with E-state index in [1.54, 1.807) is 53.9 Å². The molecule has 0 unspecified atom stereocenters. The Kier molecular flexibility index (Phi) is 13.6. The van der Waals surface area contributed by atoms with E-state index in [0.29, 0.717) is 12.8 Å². The summed E-state index contributed by atoms with van der Waals surface area (Å²) in [5, 5.41) is 14.3. The number of ketones is 2. The van der Waals surface area contributed by atoms with Crippen molar-refractivity contribution in [3.63, 3.8) is 0 Å². The highest BCUT2D eigenvalue weighted by Crippen LogP contribution is 2.40. The molecule has 0 saturated carbocycles. The number of nitrogens with zero attached hydrogens (tertiary/aromatic N) is 2. The number of ether oxygens (including phenoxy) is 5. The van der Waals surface area contributed by atoms with E-state index < -0.39 is 83.4 Å². The molecule has 1 aromatic rings. The van der Waals surface area contributed by atoms with Gasteiger partial charge in [0.2, 0.25) is 0 Å². The lowest BCUT2D eigenvalue weighted by atomic mass is 9.73. The second-order valence-electron chi connectivity index (χ2n) is 15.4. The number of hydrogen-bond acceptors (Lipinski definition) is 12. The number of rotatable bonds is 7. The van der Waals surface area contributed by atoms with Crippen LogP contribution in [0.5, 0.6) is 0 Å². The van der Waals surface area contributed by atoms with Crippen molar-refractivity contribution >= 4 is 23.6 Å². The lowest BCUT2D eigenvalue weighted by Crippen LogP contribution is -2.60. The minimum atomic E-state index is -1.38. The van der Waals surface area contributed by atoms with Crippen LogP contribution >= 0.6 is 0 Å². The molecule has 0 aliphatic carbocycles. The van der Waals surface area contributed by atoms with E-state index >= 15 is 0 Å². The van der Waals surface area contributed by atoms with Crippen molar-refractivity contribution < 1.29 is 48.0 Å². The number of likely N-dealkylation sites (N-methyl/N-ethyl adjacent to an activating group) is 1. The first-order valence-electron chi connectivity index (χ1n) is 18.3. The first-order chi connectivity index (χ1) is 24.4. The topological polar surface area (TPSA) is 163 Å². The van der Waals surface area contributed by atoms with Gasteiger partial charge in [-0.3, -0.25) is 19.4 Å². The molecule has 13 nitrogen and oxygen atoms in total. The highest BCUT2D eigenvalue weighted by Gasteiger charge is 2.57. The maximum Gasteiger partial charge on any atom is 0.408 e. The number of carbonyl (C=O) groups excluding carboxylic acids is 4. The summed E-state index contributed by atoms with van der Waals surface area (Å²) in [6, 6.07) is 2.62. The predicted octanol–water partition coefficient (Wildman–Crippen LogP) is 3.49. The summed E-state index contributed by atoms with van der Waals surface area (Å²) in [4.78, 5) is 61.1. The van der Waals surface area contributed by atoms with Gasteiger partial charge in [-0.1, -0.05) is 45.6 Å². The van der Waals surface area contributed by atoms with Crippen LogP contribution in [0.4, 0.5) is 4.79 Å². The van der Waals surface area contributed by atoms with Crippen molar-refractivity contribution in [2.75, 3.05) is 20.7 Å². The molecular formula is C39H57N3O10. The third kappa shape index (κ3) is 9.02. The number of aliphatic hydroxyl groups excluding tert-OH is 1. The number of alkyl carbamates (subject to hydrolysis) is 1. The van der Waals surface area contributed by atoms with E-state index in [1.165, 1.54) is 6.92 Å². The number of fused-ring (bicyclic) bond motifs is 1. The molecule has 3 fully saturated rings. The number of esters is 1. The van der Waals surface area contributed by atoms with Crippen LogP contribution in [0, 0.1) is 35.5 Å². The van der Waals surface area contributed by atoms with E-state index in [-0.39, 0.29) is 37.4 Å². The Labute approximate surface area is 307 Å². The highest BCUT2D eigenvalue weighted by atomic mass is 16.7. The Morgan fingerprint density at radius 3 is 2.40 bits per heavy atom. The molecule has 4 rings (SSSR count). The van der Waals surface area contributed by atoms with Gasteiger partial charge in [0.15, 0.2) is 17.7 Å². The van der Waals surface area contributed by atoms with Gasteiger partial charge in [-0.05, 0) is 72.7 Å². The molecule has 13 atom stereocenters. The Morgan fingerprint density at radius 2 is 1.77 bits per heavy atom. The Bertz CT molecular complexity index is 1500. The highest BCUT2D eigenvalue weighted by molar-refractivity contribution is 6.00. The van der Waals surface area contributed by atoms with Gasteiger partial charge in [0.05, 0.1) is 23.9 Å². The van der Waals surface area contributed by atoms with Gasteiger partial charge in [0.1, 0.15) is 30.5 Å². The minimum absolute atomic E-state index is 0.0703. The van der Waals surface area contributed by atoms with Crippen LogP contribution in [0.2, 0.25) is 0 Å². The molecule has 4 heterocycles. The third-order valence-corrected chi connectivity index (χ3v) is 11.1. The van der Waals surface area contributed by atoms with E-state index in [1.807, 2.05) is 38.1 Å². The fraction of sp³-hybridized carbons (Fsp3) is 0.718. The van der Waals surface area contributed by atoms with Crippen LogP contribution in [0.15, 0.2) is 24.5 Å². The molecule has 288 valence electrons. The molecule has 1 aromatic heterocycles. The van der Waals surface area contributed by atoms with Crippen molar-refractivity contribution in [2.24, 2.45) is 23.7 Å². The number of carbonyl (C=O) groups is 4. The fourth-order valence-electron chi connectivity index (χ4n) is 8.05. The zero-order chi connectivity index (χ0) is 38.5. The van der Waals surface area contributed by atoms with Crippen LogP contribution in [-0.4, -0.2) is 113 Å². The molecule has 13 heteroatoms. The first-order valence-corrected chi connectivity index (χ1v) is 18.3. The summed E-state index contributed by atoms with van der Waals surface area (Å²) in [6.45, 7) is 13.6. The van der Waals surface area contributed by atoms with Crippen LogP contribution in [0.3, 0.4) is 0 Å². The van der Waals surface area contributed by atoms with Gasteiger partial charge in [-0.25, -0.2) is 4.79 Å². The average Bonchev–Trinajstić information content (AvgIpc) is 3.42. The van der Waals surface area contributed by atoms with E-state index in [0.717, 1.165) is 5.56 Å². The summed E-state index contributed by atoms with van der Waals surface area (Å²) in [5.41, 5.74) is -1.82. The van der Waals surface area contributed by atoms with Crippen molar-refractivity contribution in [1.82, 2.24) is 15.2 Å². The zero-order valence-electron chi connectivity index (χ0n) is 32.2. The first kappa shape index (κ1) is 41.3. The summed E-state index contributed by atoms with van der Waals surface area (Å²) >= 11 is 0. The Morgan fingerprint density at radius 1 is 1.06 bits per heavy atom. The van der Waals surface area contributed by atoms with Crippen molar-refractivity contribution in [2.45, 2.75) is 135 Å². The molecule has 0 spiro atoms. The van der Waals surface area contributed by atoms with Gasteiger partial charge in [-0.15, -0.1) is 0 Å². The summed E-state index contributed by atoms with van der Waals surface area (Å²) in [7, 11) is 3.73. The molecule has 52 heavy (non-hydrogen) atoms. The summed E-state index contributed by atoms with van der Waals surface area (Å²) < 4.78 is 31.1. The Hall–Kier alpha value is -3.41. The lowest BCUT2D eigenvalue weighted by molar-refractivity contribution is -0.296. The fourth-order valence-corrected chi connectivity index (χ4v) is 8.05. The molecule has 0 radical (unpaired) electrons. The number of cyclic esters (lactones) is 1. The SMILES string of the molecule is CC[C@H]1OC(=O)[C@H](C)C(=O)[C@H](C)[C@@H](O[C@@H]2O[C@H](C)C[C@H](N(C)C)[C@H]2O)[C@](C)(OCC#CCc2cccnc2)C[C@@H](C)C(=O)[C@H](C)[C@H]2NC(=O)O[C@@]21C. The van der Waals surface area contributed by atoms with Gasteiger partial charge < -0.3 is 39.0 Å². The van der Waals surface area contributed by atoms with Crippen LogP contribution in [-0.2, 0) is 44.5 Å². The van der Waals surface area contributed by atoms with Gasteiger partial charge in [0.25, 0.3) is 0 Å². The summed E-state index contributed by atoms with van der Waals surface area (Å²) in [5.74, 6) is 0.994. The third-order valence-electron chi connectivity index (χ3n) is 11.1. The maximum absolute atomic E-state index is 14.3. The zero-order valence-corrected chi connectivity index (χ0v) is 32.2. The number of aromatic nitrogens is 1. The molecule has 3 aliphatic rings. The number of pyridine rings is 1. The van der Waals surface area contributed by atoms with Crippen molar-refractivity contribution in [1.29, 1.82) is 0 Å². The van der Waals surface area contributed by atoms with E-state index in [9.17, 15) is 24.3 Å². The maximum atomic E-state index is 14.3. The second kappa shape index (κ2) is 17.2. The average molecular weight is 728 g/mol. The van der Waals surface area contributed by atoms with Crippen LogP contribution < -0.4 is 5.32 Å². The number of aliphatic hydroxyl groups is 1. The van der Waals surface area contributed by atoms with E-state index in [2.05, 4.69) is 22.1 Å². The Balaban J connectivity index is 1.78. The van der Waals surface area contributed by atoms with Crippen LogP contribution in [0.25, 0.3) is 0 Å². The number of amides is 1. The minimum Gasteiger partial charge on any atom is -0.458 e. The quantitative estimate of drug-likeness (QED) is 0.239. The van der Waals surface area contributed by atoms with Gasteiger partial charge >= 0.3 is 12.1 Å².